The number of benzene rings is 7. The fraction of sp³-hybridized carbons (Fsp3) is 0.0870. The van der Waals surface area contributed by atoms with Gasteiger partial charge in [-0.15, -0.1) is 0 Å². The van der Waals surface area contributed by atoms with Gasteiger partial charge >= 0.3 is 0 Å². The summed E-state index contributed by atoms with van der Waals surface area (Å²) in [5, 5.41) is 10.6. The van der Waals surface area contributed by atoms with Gasteiger partial charge in [0, 0.05) is 49.7 Å². The van der Waals surface area contributed by atoms with Gasteiger partial charge < -0.3 is 18.7 Å². The molecule has 0 saturated carbocycles. The van der Waals surface area contributed by atoms with Crippen molar-refractivity contribution in [3.8, 4) is 16.8 Å². The third-order valence-electron chi connectivity index (χ3n) is 10.8. The molecule has 4 heterocycles. The molecule has 1 aliphatic rings. The molecular weight excluding hydrogens is 623 g/mol. The van der Waals surface area contributed by atoms with Gasteiger partial charge in [0.05, 0.1) is 5.52 Å². The van der Waals surface area contributed by atoms with Crippen molar-refractivity contribution in [2.45, 2.75) is 26.2 Å². The Bertz CT molecular complexity index is 3060. The average molecular weight is 656 g/mol. The first-order chi connectivity index (χ1) is 24.9. The number of anilines is 2. The summed E-state index contributed by atoms with van der Waals surface area (Å²) in [6.45, 7) is 6.75. The predicted molar refractivity (Wildman–Crippen MR) is 214 cm³/mol. The monoisotopic (exact) mass is 655 g/mol. The molecule has 0 bridgehead atoms. The van der Waals surface area contributed by atoms with Crippen LogP contribution in [0.4, 0.5) is 11.4 Å². The molecule has 4 nitrogen and oxygen atoms in total. The number of aromatic nitrogens is 1. The molecule has 0 saturated heterocycles. The van der Waals surface area contributed by atoms with Gasteiger partial charge in [0.15, 0.2) is 12.9 Å². The fourth-order valence-electron chi connectivity index (χ4n) is 8.35. The lowest BCUT2D eigenvalue weighted by Gasteiger charge is -2.25. The smallest absolute Gasteiger partial charge is 0.198 e. The van der Waals surface area contributed by atoms with Crippen LogP contribution in [0.1, 0.15) is 26.3 Å². The van der Waals surface area contributed by atoms with E-state index < -0.39 is 0 Å². The number of para-hydroxylation sites is 3. The third kappa shape index (κ3) is 4.03. The SMILES string of the molecule is CC(C)(C)c1ccc(Nc2ccc3ccccc3c2-c2c3c(cc4c2oc2ccccc24)-n2c4c(cccc4c4oc5ccccc5c42)[B]3)cc1. The second kappa shape index (κ2) is 10.2. The van der Waals surface area contributed by atoms with Crippen LogP contribution in [0.25, 0.3) is 82.5 Å². The number of hydrogen-bond acceptors (Lipinski definition) is 3. The molecule has 5 heteroatoms. The van der Waals surface area contributed by atoms with Crippen molar-refractivity contribution in [2.75, 3.05) is 5.32 Å². The topological polar surface area (TPSA) is 43.2 Å². The summed E-state index contributed by atoms with van der Waals surface area (Å²) >= 11 is 0. The highest BCUT2D eigenvalue weighted by Crippen LogP contribution is 2.46. The van der Waals surface area contributed by atoms with Gasteiger partial charge in [-0.3, -0.25) is 0 Å². The van der Waals surface area contributed by atoms with Crippen LogP contribution in [0.3, 0.4) is 0 Å². The Hall–Kier alpha value is -6.20. The largest absolute Gasteiger partial charge is 0.455 e. The van der Waals surface area contributed by atoms with Crippen molar-refractivity contribution in [1.82, 2.24) is 4.57 Å². The highest BCUT2D eigenvalue weighted by atomic mass is 16.3. The van der Waals surface area contributed by atoms with Crippen LogP contribution in [0.2, 0.25) is 0 Å². The van der Waals surface area contributed by atoms with E-state index in [1.165, 1.54) is 10.9 Å². The lowest BCUT2D eigenvalue weighted by molar-refractivity contribution is 0.590. The van der Waals surface area contributed by atoms with Gasteiger partial charge in [0.2, 0.25) is 0 Å². The van der Waals surface area contributed by atoms with Crippen molar-refractivity contribution < 1.29 is 8.83 Å². The second-order valence-electron chi connectivity index (χ2n) is 14.8. The predicted octanol–water partition coefficient (Wildman–Crippen LogP) is 11.3. The van der Waals surface area contributed by atoms with E-state index in [0.29, 0.717) is 0 Å². The molecule has 0 unspecified atom stereocenters. The summed E-state index contributed by atoms with van der Waals surface area (Å²) in [6, 6.07) is 47.6. The third-order valence-corrected chi connectivity index (χ3v) is 10.8. The molecule has 1 N–H and O–H groups in total. The van der Waals surface area contributed by atoms with E-state index in [2.05, 4.69) is 165 Å². The van der Waals surface area contributed by atoms with Crippen LogP contribution in [0.5, 0.6) is 0 Å². The van der Waals surface area contributed by atoms with E-state index >= 15 is 0 Å². The molecule has 10 aromatic rings. The van der Waals surface area contributed by atoms with Crippen LogP contribution in [-0.2, 0) is 5.41 Å². The van der Waals surface area contributed by atoms with Gasteiger partial charge in [0.25, 0.3) is 0 Å². The standard InChI is InChI=1S/C46H32BN2O2/c1-46(2,3)27-20-22-28(23-21-27)48-35-24-19-26-11-4-5-12-29(26)39(35)40-41-36(25-33-30-13-6-8-17-37(30)50-44(33)40)49-42-32(15-10-16-34(42)47-41)45-43(49)31-14-7-9-18-38(31)51-45/h4-25,48H,1-3H3. The Morgan fingerprint density at radius 2 is 1.25 bits per heavy atom. The molecule has 241 valence electrons. The van der Waals surface area contributed by atoms with E-state index in [0.717, 1.165) is 99.4 Å². The van der Waals surface area contributed by atoms with Gasteiger partial charge in [-0.2, -0.15) is 0 Å². The summed E-state index contributed by atoms with van der Waals surface area (Å²) < 4.78 is 16.0. The minimum absolute atomic E-state index is 0.0738. The molecule has 11 rings (SSSR count). The Balaban J connectivity index is 1.28. The highest BCUT2D eigenvalue weighted by Gasteiger charge is 2.32. The van der Waals surface area contributed by atoms with Crippen LogP contribution in [0, 0.1) is 0 Å². The van der Waals surface area contributed by atoms with Crippen LogP contribution >= 0.6 is 0 Å². The highest BCUT2D eigenvalue weighted by molar-refractivity contribution is 6.74. The zero-order valence-corrected chi connectivity index (χ0v) is 28.5. The van der Waals surface area contributed by atoms with Crippen molar-refractivity contribution in [2.24, 2.45) is 0 Å². The van der Waals surface area contributed by atoms with Crippen LogP contribution < -0.4 is 16.2 Å². The molecule has 0 aliphatic carbocycles. The van der Waals surface area contributed by atoms with E-state index in [1.807, 2.05) is 6.07 Å². The Morgan fingerprint density at radius 1 is 0.569 bits per heavy atom. The molecule has 7 aromatic carbocycles. The first-order valence-corrected chi connectivity index (χ1v) is 17.6. The zero-order chi connectivity index (χ0) is 34.0. The first kappa shape index (κ1) is 28.6. The van der Waals surface area contributed by atoms with E-state index in [1.54, 1.807) is 0 Å². The quantitative estimate of drug-likeness (QED) is 0.193. The van der Waals surface area contributed by atoms with Crippen molar-refractivity contribution in [3.05, 3.63) is 139 Å². The lowest BCUT2D eigenvalue weighted by atomic mass is 9.58. The first-order valence-electron chi connectivity index (χ1n) is 17.6. The van der Waals surface area contributed by atoms with E-state index in [9.17, 15) is 0 Å². The van der Waals surface area contributed by atoms with Gasteiger partial charge in [-0.05, 0) is 75.7 Å². The molecule has 0 spiro atoms. The molecule has 51 heavy (non-hydrogen) atoms. The lowest BCUT2D eigenvalue weighted by Crippen LogP contribution is -2.37. The molecular formula is C46H32BN2O2. The van der Waals surface area contributed by atoms with Crippen LogP contribution in [-0.4, -0.2) is 11.8 Å². The van der Waals surface area contributed by atoms with Gasteiger partial charge in [-0.25, -0.2) is 0 Å². The molecule has 0 atom stereocenters. The summed E-state index contributed by atoms with van der Waals surface area (Å²) in [6.07, 6.45) is 0. The minimum Gasteiger partial charge on any atom is -0.455 e. The average Bonchev–Trinajstić information content (AvgIpc) is 3.81. The molecule has 0 fully saturated rings. The number of hydrogen-bond donors (Lipinski definition) is 1. The maximum Gasteiger partial charge on any atom is 0.198 e. The van der Waals surface area contributed by atoms with Crippen molar-refractivity contribution >= 4 is 95.3 Å². The summed E-state index contributed by atoms with van der Waals surface area (Å²) in [5.41, 5.74) is 14.8. The van der Waals surface area contributed by atoms with E-state index in [-0.39, 0.29) is 5.41 Å². The molecule has 0 amide bonds. The summed E-state index contributed by atoms with van der Waals surface area (Å²) in [7, 11) is 2.35. The summed E-state index contributed by atoms with van der Waals surface area (Å²) in [5.74, 6) is 0. The maximum absolute atomic E-state index is 6.92. The Morgan fingerprint density at radius 3 is 2.06 bits per heavy atom. The number of fused-ring (bicyclic) bond motifs is 11. The van der Waals surface area contributed by atoms with Gasteiger partial charge in [-0.1, -0.05) is 111 Å². The maximum atomic E-state index is 6.92. The number of rotatable bonds is 3. The number of nitrogens with one attached hydrogen (secondary N) is 1. The van der Waals surface area contributed by atoms with Crippen molar-refractivity contribution in [1.29, 1.82) is 0 Å². The molecule has 3 aromatic heterocycles. The number of furan rings is 2. The van der Waals surface area contributed by atoms with Crippen molar-refractivity contribution in [3.63, 3.8) is 0 Å². The number of nitrogens with zero attached hydrogens (tertiary/aromatic N) is 1. The normalized spacial score (nSPS) is 12.8. The Labute approximate surface area is 295 Å². The zero-order valence-electron chi connectivity index (χ0n) is 28.5. The Kier molecular flexibility index (Phi) is 5.71. The minimum atomic E-state index is 0.0738. The molecule has 1 aliphatic heterocycles. The molecule has 1 radical (unpaired) electrons. The van der Waals surface area contributed by atoms with Crippen LogP contribution in [0.15, 0.2) is 142 Å². The van der Waals surface area contributed by atoms with Gasteiger partial charge in [0.1, 0.15) is 22.3 Å². The van der Waals surface area contributed by atoms with E-state index in [4.69, 9.17) is 8.83 Å². The second-order valence-corrected chi connectivity index (χ2v) is 14.8. The fourth-order valence-corrected chi connectivity index (χ4v) is 8.35. The summed E-state index contributed by atoms with van der Waals surface area (Å²) in [4.78, 5) is 0.